The Bertz CT molecular complexity index is 3490. The van der Waals surface area contributed by atoms with E-state index in [0.717, 1.165) is 21.9 Å². The molecule has 0 spiro atoms. The predicted molar refractivity (Wildman–Crippen MR) is 235 cm³/mol. The van der Waals surface area contributed by atoms with Gasteiger partial charge in [-0.05, 0) is 147 Å². The van der Waals surface area contributed by atoms with Gasteiger partial charge in [0.2, 0.25) is 0 Å². The summed E-state index contributed by atoms with van der Waals surface area (Å²) in [6.07, 6.45) is 0. The van der Waals surface area contributed by atoms with Crippen molar-refractivity contribution >= 4 is 86.6 Å². The molecule has 0 unspecified atom stereocenters. The highest BCUT2D eigenvalue weighted by Crippen LogP contribution is 2.45. The Morgan fingerprint density at radius 2 is 0.545 bits per heavy atom. The lowest BCUT2D eigenvalue weighted by Gasteiger charge is -2.18. The topological polar surface area (TPSA) is 13.1 Å². The molecular formula is C54H32O. The van der Waals surface area contributed by atoms with E-state index >= 15 is 0 Å². The van der Waals surface area contributed by atoms with Crippen LogP contribution >= 0.6 is 0 Å². The molecule has 254 valence electrons. The molecule has 12 rings (SSSR count). The SMILES string of the molecule is c1ccc2cc(-c3c4ccccc4c(-c4ccc5cc(-c6ccc7cc8c(cc7c6)oc6cc7ccccc7cc68)ccc5c4)c4ccccc34)ccc2c1. The van der Waals surface area contributed by atoms with E-state index in [1.165, 1.54) is 98.0 Å². The number of furan rings is 1. The molecule has 0 aliphatic rings. The minimum absolute atomic E-state index is 0.923. The Balaban J connectivity index is 0.964. The van der Waals surface area contributed by atoms with Gasteiger partial charge in [-0.3, -0.25) is 0 Å². The fourth-order valence-corrected chi connectivity index (χ4v) is 9.06. The molecule has 0 aliphatic carbocycles. The molecule has 1 heteroatoms. The first-order valence-corrected chi connectivity index (χ1v) is 19.0. The van der Waals surface area contributed by atoms with Gasteiger partial charge in [-0.1, -0.05) is 146 Å². The molecule has 1 heterocycles. The lowest BCUT2D eigenvalue weighted by atomic mass is 9.85. The molecule has 0 N–H and O–H groups in total. The van der Waals surface area contributed by atoms with Crippen LogP contribution in [0.5, 0.6) is 0 Å². The first-order valence-electron chi connectivity index (χ1n) is 19.0. The molecule has 55 heavy (non-hydrogen) atoms. The summed E-state index contributed by atoms with van der Waals surface area (Å²) in [6.45, 7) is 0. The lowest BCUT2D eigenvalue weighted by Crippen LogP contribution is -1.91. The molecule has 0 atom stereocenters. The average molecular weight is 697 g/mol. The summed E-state index contributed by atoms with van der Waals surface area (Å²) in [4.78, 5) is 0. The molecule has 0 aliphatic heterocycles. The normalized spacial score (nSPS) is 12.0. The first kappa shape index (κ1) is 30.3. The molecule has 0 bridgehead atoms. The number of hydrogen-bond donors (Lipinski definition) is 0. The molecule has 0 saturated heterocycles. The van der Waals surface area contributed by atoms with Gasteiger partial charge in [0.25, 0.3) is 0 Å². The maximum atomic E-state index is 6.42. The second-order valence-electron chi connectivity index (χ2n) is 14.9. The minimum Gasteiger partial charge on any atom is -0.456 e. The quantitative estimate of drug-likeness (QED) is 0.168. The molecule has 1 aromatic heterocycles. The number of hydrogen-bond acceptors (Lipinski definition) is 1. The predicted octanol–water partition coefficient (Wildman–Crippen LogP) is 15.5. The van der Waals surface area contributed by atoms with E-state index in [2.05, 4.69) is 194 Å². The maximum Gasteiger partial charge on any atom is 0.136 e. The highest BCUT2D eigenvalue weighted by atomic mass is 16.3. The smallest absolute Gasteiger partial charge is 0.136 e. The third-order valence-corrected chi connectivity index (χ3v) is 11.7. The van der Waals surface area contributed by atoms with Crippen molar-refractivity contribution in [3.8, 4) is 33.4 Å². The van der Waals surface area contributed by atoms with E-state index in [1.54, 1.807) is 0 Å². The van der Waals surface area contributed by atoms with E-state index in [9.17, 15) is 0 Å². The van der Waals surface area contributed by atoms with Crippen molar-refractivity contribution in [3.63, 3.8) is 0 Å². The van der Waals surface area contributed by atoms with Gasteiger partial charge >= 0.3 is 0 Å². The fraction of sp³-hybridized carbons (Fsp3) is 0. The third-order valence-electron chi connectivity index (χ3n) is 11.7. The van der Waals surface area contributed by atoms with E-state index in [1.807, 2.05) is 0 Å². The molecular weight excluding hydrogens is 665 g/mol. The maximum absolute atomic E-state index is 6.42. The summed E-state index contributed by atoms with van der Waals surface area (Å²) in [6, 6.07) is 71.3. The molecule has 12 aromatic rings. The summed E-state index contributed by atoms with van der Waals surface area (Å²) in [5.41, 5.74) is 9.29. The van der Waals surface area contributed by atoms with Gasteiger partial charge in [0.05, 0.1) is 0 Å². The Kier molecular flexibility index (Phi) is 6.40. The third kappa shape index (κ3) is 4.73. The van der Waals surface area contributed by atoms with Crippen LogP contribution in [-0.4, -0.2) is 0 Å². The average Bonchev–Trinajstić information content (AvgIpc) is 3.58. The van der Waals surface area contributed by atoms with Gasteiger partial charge in [-0.15, -0.1) is 0 Å². The molecule has 11 aromatic carbocycles. The van der Waals surface area contributed by atoms with Crippen LogP contribution in [0.3, 0.4) is 0 Å². The summed E-state index contributed by atoms with van der Waals surface area (Å²) < 4.78 is 6.42. The fourth-order valence-electron chi connectivity index (χ4n) is 9.06. The number of rotatable bonds is 3. The Morgan fingerprint density at radius 1 is 0.218 bits per heavy atom. The van der Waals surface area contributed by atoms with Crippen molar-refractivity contribution in [1.82, 2.24) is 0 Å². The van der Waals surface area contributed by atoms with Crippen LogP contribution in [0.15, 0.2) is 199 Å². The van der Waals surface area contributed by atoms with Crippen LogP contribution in [-0.2, 0) is 0 Å². The van der Waals surface area contributed by atoms with Crippen molar-refractivity contribution in [2.24, 2.45) is 0 Å². The number of fused-ring (bicyclic) bond motifs is 9. The monoisotopic (exact) mass is 696 g/mol. The molecule has 0 saturated carbocycles. The van der Waals surface area contributed by atoms with E-state index < -0.39 is 0 Å². The van der Waals surface area contributed by atoms with Crippen molar-refractivity contribution in [2.75, 3.05) is 0 Å². The van der Waals surface area contributed by atoms with E-state index in [4.69, 9.17) is 4.42 Å². The number of benzene rings is 11. The second kappa shape index (κ2) is 11.6. The zero-order valence-corrected chi connectivity index (χ0v) is 29.9. The molecule has 1 nitrogen and oxygen atoms in total. The van der Waals surface area contributed by atoms with E-state index in [0.29, 0.717) is 0 Å². The zero-order chi connectivity index (χ0) is 36.0. The standard InChI is InChI=1S/C54H32O/c1-2-10-34-26-42(23-17-33(34)9-1)53-45-13-5-7-15-47(45)54(48-16-8-6-14-46(48)53)43-24-22-38-25-37(18-19-39(38)27-43)40-20-21-41-30-50-49-29-35-11-3-4-12-36(35)31-51(49)55-52(50)32-44(41)28-40/h1-32H. The van der Waals surface area contributed by atoms with Crippen molar-refractivity contribution < 1.29 is 4.42 Å². The van der Waals surface area contributed by atoms with Gasteiger partial charge < -0.3 is 4.42 Å². The van der Waals surface area contributed by atoms with Crippen molar-refractivity contribution in [3.05, 3.63) is 194 Å². The first-order chi connectivity index (χ1) is 27.2. The lowest BCUT2D eigenvalue weighted by molar-refractivity contribution is 0.670. The van der Waals surface area contributed by atoms with Crippen LogP contribution < -0.4 is 0 Å². The largest absolute Gasteiger partial charge is 0.456 e. The van der Waals surface area contributed by atoms with Gasteiger partial charge in [0, 0.05) is 10.8 Å². The Hall–Kier alpha value is -7.22. The second-order valence-corrected chi connectivity index (χ2v) is 14.9. The van der Waals surface area contributed by atoms with Crippen LogP contribution in [0.1, 0.15) is 0 Å². The Morgan fingerprint density at radius 3 is 1.07 bits per heavy atom. The van der Waals surface area contributed by atoms with E-state index in [-0.39, 0.29) is 0 Å². The van der Waals surface area contributed by atoms with Gasteiger partial charge in [-0.2, -0.15) is 0 Å². The van der Waals surface area contributed by atoms with Crippen molar-refractivity contribution in [2.45, 2.75) is 0 Å². The Labute approximate surface area is 317 Å². The molecule has 0 radical (unpaired) electrons. The van der Waals surface area contributed by atoms with Gasteiger partial charge in [-0.25, -0.2) is 0 Å². The molecule has 0 amide bonds. The van der Waals surface area contributed by atoms with Crippen LogP contribution in [0, 0.1) is 0 Å². The molecule has 0 fully saturated rings. The highest BCUT2D eigenvalue weighted by molar-refractivity contribution is 6.22. The summed E-state index contributed by atoms with van der Waals surface area (Å²) in [5, 5.41) is 17.2. The summed E-state index contributed by atoms with van der Waals surface area (Å²) >= 11 is 0. The summed E-state index contributed by atoms with van der Waals surface area (Å²) in [5.74, 6) is 0. The van der Waals surface area contributed by atoms with Crippen molar-refractivity contribution in [1.29, 1.82) is 0 Å². The van der Waals surface area contributed by atoms with Crippen LogP contribution in [0.25, 0.3) is 120 Å². The highest BCUT2D eigenvalue weighted by Gasteiger charge is 2.17. The van der Waals surface area contributed by atoms with Gasteiger partial charge in [0.15, 0.2) is 0 Å². The van der Waals surface area contributed by atoms with Crippen LogP contribution in [0.2, 0.25) is 0 Å². The van der Waals surface area contributed by atoms with Gasteiger partial charge in [0.1, 0.15) is 11.2 Å². The van der Waals surface area contributed by atoms with Crippen LogP contribution in [0.4, 0.5) is 0 Å². The summed E-state index contributed by atoms with van der Waals surface area (Å²) in [7, 11) is 0. The minimum atomic E-state index is 0.923. The zero-order valence-electron chi connectivity index (χ0n) is 29.9.